The topological polar surface area (TPSA) is 95.1 Å². The molecular weight excluding hydrogens is 430 g/mol. The summed E-state index contributed by atoms with van der Waals surface area (Å²) in [5.41, 5.74) is 2.07. The van der Waals surface area contributed by atoms with E-state index in [9.17, 15) is 4.79 Å². The zero-order valence-corrected chi connectivity index (χ0v) is 18.4. The van der Waals surface area contributed by atoms with Gasteiger partial charge in [0.05, 0.1) is 22.9 Å². The van der Waals surface area contributed by atoms with E-state index >= 15 is 0 Å². The molecule has 0 atom stereocenters. The van der Waals surface area contributed by atoms with Gasteiger partial charge in [0.15, 0.2) is 6.61 Å². The number of carbonyl (C=O) groups excluding carboxylic acids is 1. The van der Waals surface area contributed by atoms with Gasteiger partial charge in [-0.2, -0.15) is 10.1 Å². The van der Waals surface area contributed by atoms with Crippen molar-refractivity contribution >= 4 is 17.5 Å². The molecule has 8 nitrogen and oxygen atoms in total. The van der Waals surface area contributed by atoms with Crippen molar-refractivity contribution in [2.24, 2.45) is 0 Å². The Morgan fingerprint density at radius 3 is 2.66 bits per heavy atom. The van der Waals surface area contributed by atoms with Crippen LogP contribution in [0, 0.1) is 0 Å². The second-order valence-corrected chi connectivity index (χ2v) is 7.77. The van der Waals surface area contributed by atoms with Gasteiger partial charge in [0.1, 0.15) is 11.4 Å². The molecule has 32 heavy (non-hydrogen) atoms. The molecule has 2 aromatic carbocycles. The van der Waals surface area contributed by atoms with Gasteiger partial charge < -0.3 is 14.6 Å². The third-order valence-corrected chi connectivity index (χ3v) is 4.97. The molecule has 0 aliphatic rings. The van der Waals surface area contributed by atoms with Crippen molar-refractivity contribution in [1.29, 1.82) is 0 Å². The lowest BCUT2D eigenvalue weighted by molar-refractivity contribution is 0.0938. The number of benzene rings is 2. The molecule has 0 aliphatic carbocycles. The lowest BCUT2D eigenvalue weighted by atomic mass is 10.1. The lowest BCUT2D eigenvalue weighted by Gasteiger charge is -2.07. The molecule has 0 aliphatic heterocycles. The number of nitrogens with zero attached hydrogens (tertiary/aromatic N) is 4. The number of aromatic nitrogens is 4. The van der Waals surface area contributed by atoms with Crippen molar-refractivity contribution < 1.29 is 14.1 Å². The second-order valence-electron chi connectivity index (χ2n) is 7.36. The Morgan fingerprint density at radius 2 is 1.91 bits per heavy atom. The molecule has 164 valence electrons. The minimum atomic E-state index is -0.291. The van der Waals surface area contributed by atoms with Crippen molar-refractivity contribution in [3.63, 3.8) is 0 Å². The minimum absolute atomic E-state index is 0.0783. The fourth-order valence-corrected chi connectivity index (χ4v) is 3.17. The normalized spacial score (nSPS) is 11.0. The zero-order chi connectivity index (χ0) is 22.5. The maximum absolute atomic E-state index is 12.9. The van der Waals surface area contributed by atoms with Gasteiger partial charge in [-0.3, -0.25) is 4.79 Å². The Bertz CT molecular complexity index is 1200. The van der Waals surface area contributed by atoms with Crippen LogP contribution in [0.15, 0.2) is 65.2 Å². The third-order valence-electron chi connectivity index (χ3n) is 4.66. The van der Waals surface area contributed by atoms with Crippen LogP contribution in [0.5, 0.6) is 5.75 Å². The summed E-state index contributed by atoms with van der Waals surface area (Å²) < 4.78 is 12.5. The number of hydrogen-bond acceptors (Lipinski definition) is 6. The van der Waals surface area contributed by atoms with E-state index in [4.69, 9.17) is 20.9 Å². The van der Waals surface area contributed by atoms with Gasteiger partial charge in [-0.15, -0.1) is 0 Å². The summed E-state index contributed by atoms with van der Waals surface area (Å²) >= 11 is 6.07. The van der Waals surface area contributed by atoms with Gasteiger partial charge in [-0.25, -0.2) is 4.68 Å². The van der Waals surface area contributed by atoms with Crippen molar-refractivity contribution in [2.75, 3.05) is 0 Å². The summed E-state index contributed by atoms with van der Waals surface area (Å²) in [5, 5.41) is 11.8. The summed E-state index contributed by atoms with van der Waals surface area (Å²) in [7, 11) is 0. The van der Waals surface area contributed by atoms with Crippen LogP contribution in [-0.4, -0.2) is 25.8 Å². The van der Waals surface area contributed by atoms with Gasteiger partial charge in [-0.1, -0.05) is 60.9 Å². The molecule has 0 saturated heterocycles. The van der Waals surface area contributed by atoms with Crippen LogP contribution in [-0.2, 0) is 13.2 Å². The average molecular weight is 452 g/mol. The number of hydrogen-bond donors (Lipinski definition) is 1. The number of para-hydroxylation sites is 2. The average Bonchev–Trinajstić information content (AvgIpc) is 3.45. The van der Waals surface area contributed by atoms with E-state index in [1.807, 2.05) is 56.3 Å². The molecule has 1 N–H and O–H groups in total. The second kappa shape index (κ2) is 9.65. The van der Waals surface area contributed by atoms with E-state index in [0.29, 0.717) is 22.3 Å². The molecule has 4 aromatic rings. The van der Waals surface area contributed by atoms with Gasteiger partial charge in [0, 0.05) is 0 Å². The number of amides is 1. The largest absolute Gasteiger partial charge is 0.484 e. The molecule has 0 spiro atoms. The van der Waals surface area contributed by atoms with Gasteiger partial charge >= 0.3 is 0 Å². The fourth-order valence-electron chi connectivity index (χ4n) is 2.98. The Balaban J connectivity index is 1.42. The highest BCUT2D eigenvalue weighted by Crippen LogP contribution is 2.23. The summed E-state index contributed by atoms with van der Waals surface area (Å²) in [6, 6.07) is 18.4. The van der Waals surface area contributed by atoms with Crippen LogP contribution >= 0.6 is 11.6 Å². The molecular formula is C23H22ClN5O3. The first-order valence-electron chi connectivity index (χ1n) is 10.1. The molecule has 9 heteroatoms. The van der Waals surface area contributed by atoms with Crippen LogP contribution in [0.4, 0.5) is 0 Å². The minimum Gasteiger partial charge on any atom is -0.484 e. The molecule has 0 bridgehead atoms. The van der Waals surface area contributed by atoms with Crippen molar-refractivity contribution in [3.8, 4) is 11.4 Å². The SMILES string of the molecule is CC(C)c1cc(C(=O)NCc2nc(COc3ccccc3Cl)no2)n(-c2ccccc2)n1. The molecule has 1 amide bonds. The third kappa shape index (κ3) is 4.97. The van der Waals surface area contributed by atoms with E-state index in [1.54, 1.807) is 22.9 Å². The quantitative estimate of drug-likeness (QED) is 0.422. The van der Waals surface area contributed by atoms with Crippen molar-refractivity contribution in [2.45, 2.75) is 32.9 Å². The number of halogens is 1. The van der Waals surface area contributed by atoms with Crippen LogP contribution < -0.4 is 10.1 Å². The first kappa shape index (κ1) is 21.6. The standard InChI is InChI=1S/C23H22ClN5O3/c1-15(2)18-12-19(29(27-18)16-8-4-3-5-9-16)23(30)25-13-22-26-21(28-32-22)14-31-20-11-7-6-10-17(20)24/h3-12,15H,13-14H2,1-2H3,(H,25,30). The van der Waals surface area contributed by atoms with Gasteiger partial charge in [0.25, 0.3) is 5.91 Å². The molecule has 2 aromatic heterocycles. The van der Waals surface area contributed by atoms with Gasteiger partial charge in [0.2, 0.25) is 11.7 Å². The first-order valence-corrected chi connectivity index (χ1v) is 10.5. The maximum atomic E-state index is 12.9. The molecule has 0 unspecified atom stereocenters. The van der Waals surface area contributed by atoms with E-state index in [-0.39, 0.29) is 30.9 Å². The monoisotopic (exact) mass is 451 g/mol. The summed E-state index contributed by atoms with van der Waals surface area (Å²) in [6.45, 7) is 4.24. The highest BCUT2D eigenvalue weighted by molar-refractivity contribution is 6.32. The highest BCUT2D eigenvalue weighted by atomic mass is 35.5. The van der Waals surface area contributed by atoms with Crippen LogP contribution in [0.3, 0.4) is 0 Å². The van der Waals surface area contributed by atoms with E-state index < -0.39 is 0 Å². The van der Waals surface area contributed by atoms with Crippen LogP contribution in [0.2, 0.25) is 5.02 Å². The van der Waals surface area contributed by atoms with E-state index in [1.165, 1.54) is 0 Å². The highest BCUT2D eigenvalue weighted by Gasteiger charge is 2.19. The Hall–Kier alpha value is -3.65. The number of ether oxygens (including phenoxy) is 1. The van der Waals surface area contributed by atoms with Crippen LogP contribution in [0.1, 0.15) is 47.7 Å². The number of carbonyl (C=O) groups is 1. The predicted molar refractivity (Wildman–Crippen MR) is 119 cm³/mol. The first-order chi connectivity index (χ1) is 15.5. The Labute approximate surface area is 190 Å². The predicted octanol–water partition coefficient (Wildman–Crippen LogP) is 4.54. The molecule has 4 rings (SSSR count). The zero-order valence-electron chi connectivity index (χ0n) is 17.7. The Morgan fingerprint density at radius 1 is 1.16 bits per heavy atom. The van der Waals surface area contributed by atoms with Crippen LogP contribution in [0.25, 0.3) is 5.69 Å². The smallest absolute Gasteiger partial charge is 0.270 e. The maximum Gasteiger partial charge on any atom is 0.270 e. The fraction of sp³-hybridized carbons (Fsp3) is 0.217. The lowest BCUT2D eigenvalue weighted by Crippen LogP contribution is -2.25. The summed E-state index contributed by atoms with van der Waals surface area (Å²) in [6.07, 6.45) is 0. The van der Waals surface area contributed by atoms with E-state index in [0.717, 1.165) is 11.4 Å². The van der Waals surface area contributed by atoms with E-state index in [2.05, 4.69) is 20.6 Å². The number of nitrogens with one attached hydrogen (secondary N) is 1. The summed E-state index contributed by atoms with van der Waals surface area (Å²) in [5.74, 6) is 1.05. The Kier molecular flexibility index (Phi) is 6.51. The molecule has 0 fully saturated rings. The molecule has 0 radical (unpaired) electrons. The summed E-state index contributed by atoms with van der Waals surface area (Å²) in [4.78, 5) is 17.2. The molecule has 0 saturated carbocycles. The van der Waals surface area contributed by atoms with Crippen molar-refractivity contribution in [1.82, 2.24) is 25.2 Å². The number of rotatable bonds is 8. The van der Waals surface area contributed by atoms with Gasteiger partial charge in [-0.05, 0) is 36.2 Å². The molecule has 2 heterocycles. The van der Waals surface area contributed by atoms with Crippen molar-refractivity contribution in [3.05, 3.63) is 88.8 Å².